The lowest BCUT2D eigenvalue weighted by Gasteiger charge is -2.13. The first-order valence-electron chi connectivity index (χ1n) is 9.78. The van der Waals surface area contributed by atoms with Crippen molar-refractivity contribution in [1.29, 1.82) is 0 Å². The topological polar surface area (TPSA) is 112 Å². The van der Waals surface area contributed by atoms with Crippen LogP contribution in [0.1, 0.15) is 27.6 Å². The van der Waals surface area contributed by atoms with Gasteiger partial charge in [-0.2, -0.15) is 0 Å². The summed E-state index contributed by atoms with van der Waals surface area (Å²) < 4.78 is 1.06. The van der Waals surface area contributed by atoms with Crippen molar-refractivity contribution in [3.8, 4) is 0 Å². The predicted octanol–water partition coefficient (Wildman–Crippen LogP) is 3.09. The summed E-state index contributed by atoms with van der Waals surface area (Å²) in [6.07, 6.45) is 0.947. The van der Waals surface area contributed by atoms with Gasteiger partial charge < -0.3 is 10.4 Å². The predicted molar refractivity (Wildman–Crippen MR) is 122 cm³/mol. The fourth-order valence-corrected chi connectivity index (χ4v) is 5.31. The third-order valence-electron chi connectivity index (χ3n) is 4.97. The highest BCUT2D eigenvalue weighted by atomic mass is 32.1. The fraction of sp³-hybridized carbons (Fsp3) is 0.381. The lowest BCUT2D eigenvalue weighted by atomic mass is 10.1. The van der Waals surface area contributed by atoms with E-state index in [1.54, 1.807) is 16.2 Å². The first-order chi connectivity index (χ1) is 14.8. The monoisotopic (exact) mass is 460 g/mol. The minimum absolute atomic E-state index is 0.0397. The highest BCUT2D eigenvalue weighted by molar-refractivity contribution is 7.22. The molecule has 3 aromatic rings. The maximum atomic E-state index is 12.5. The van der Waals surface area contributed by atoms with Crippen LogP contribution in [0, 0.1) is 26.7 Å². The molecule has 2 N–H and O–H groups in total. The zero-order valence-electron chi connectivity index (χ0n) is 17.5. The number of nitrogens with zero attached hydrogens (tertiary/aromatic N) is 3. The number of benzene rings is 1. The van der Waals surface area contributed by atoms with Crippen LogP contribution in [0.25, 0.3) is 10.2 Å². The molecule has 31 heavy (non-hydrogen) atoms. The number of anilines is 1. The van der Waals surface area contributed by atoms with Crippen LogP contribution in [0.4, 0.5) is 5.13 Å². The Morgan fingerprint density at radius 2 is 2.03 bits per heavy atom. The van der Waals surface area contributed by atoms with E-state index in [1.165, 1.54) is 21.8 Å². The summed E-state index contributed by atoms with van der Waals surface area (Å²) in [4.78, 5) is 45.3. The second-order valence-corrected chi connectivity index (χ2v) is 9.57. The Morgan fingerprint density at radius 3 is 2.71 bits per heavy atom. The molecular formula is C21H24N4O4S2. The van der Waals surface area contributed by atoms with E-state index in [0.29, 0.717) is 24.6 Å². The Hall–Kier alpha value is -2.85. The molecule has 0 radical (unpaired) electrons. The maximum Gasteiger partial charge on any atom is 0.290 e. The van der Waals surface area contributed by atoms with Crippen molar-refractivity contribution in [3.63, 3.8) is 0 Å². The molecule has 0 spiro atoms. The molecule has 8 nitrogen and oxygen atoms in total. The molecule has 1 aromatic carbocycles. The first-order valence-corrected chi connectivity index (χ1v) is 11.4. The minimum Gasteiger partial charge on any atom is -0.483 e. The number of carbonyl (C=O) groups is 3. The molecule has 0 bridgehead atoms. The highest BCUT2D eigenvalue weighted by Gasteiger charge is 2.36. The van der Waals surface area contributed by atoms with Gasteiger partial charge in [-0.1, -0.05) is 17.4 Å². The van der Waals surface area contributed by atoms with E-state index in [9.17, 15) is 9.59 Å². The van der Waals surface area contributed by atoms with Crippen molar-refractivity contribution < 1.29 is 19.5 Å². The zero-order valence-corrected chi connectivity index (χ0v) is 19.2. The normalized spacial score (nSPS) is 15.6. The molecule has 10 heteroatoms. The van der Waals surface area contributed by atoms with Crippen molar-refractivity contribution in [2.75, 3.05) is 18.0 Å². The van der Waals surface area contributed by atoms with Crippen molar-refractivity contribution in [1.82, 2.24) is 15.3 Å². The van der Waals surface area contributed by atoms with E-state index >= 15 is 0 Å². The molecule has 2 aromatic heterocycles. The number of aryl methyl sites for hydroxylation is 3. The van der Waals surface area contributed by atoms with Gasteiger partial charge in [0.2, 0.25) is 11.8 Å². The minimum atomic E-state index is -0.332. The molecule has 1 atom stereocenters. The molecular weight excluding hydrogens is 436 g/mol. The Bertz CT molecular complexity index is 1090. The standard InChI is InChI=1S/C20H22N4O2S2.CH2O2/c1-11-4-5-15-16(8-11)28-20(23-15)24-10-14(9-18(24)25)19(26)21-7-6-17-22-12(2)13(3)27-17;2-1-3/h4-5,8,14H,6-7,9-10H2,1-3H3,(H,21,26);1H,(H,2,3). The summed E-state index contributed by atoms with van der Waals surface area (Å²) in [5, 5.41) is 11.6. The van der Waals surface area contributed by atoms with Gasteiger partial charge in [0.25, 0.3) is 6.47 Å². The van der Waals surface area contributed by atoms with Gasteiger partial charge >= 0.3 is 0 Å². The number of amides is 2. The van der Waals surface area contributed by atoms with E-state index in [-0.39, 0.29) is 30.6 Å². The molecule has 1 saturated heterocycles. The molecule has 1 unspecified atom stereocenters. The number of carbonyl (C=O) groups excluding carboxylic acids is 2. The number of hydrogen-bond donors (Lipinski definition) is 2. The molecule has 0 aliphatic carbocycles. The molecule has 1 aliphatic heterocycles. The van der Waals surface area contributed by atoms with E-state index < -0.39 is 0 Å². The van der Waals surface area contributed by atoms with Crippen molar-refractivity contribution in [2.45, 2.75) is 33.6 Å². The van der Waals surface area contributed by atoms with Gasteiger partial charge in [-0.05, 0) is 38.5 Å². The number of nitrogens with one attached hydrogen (secondary N) is 1. The van der Waals surface area contributed by atoms with Crippen LogP contribution in [-0.2, 0) is 20.8 Å². The lowest BCUT2D eigenvalue weighted by molar-refractivity contribution is -0.126. The number of rotatable bonds is 5. The van der Waals surface area contributed by atoms with E-state index in [0.717, 1.165) is 20.9 Å². The number of hydrogen-bond acceptors (Lipinski definition) is 7. The van der Waals surface area contributed by atoms with Crippen molar-refractivity contribution >= 4 is 56.3 Å². The number of fused-ring (bicyclic) bond motifs is 1. The second-order valence-electron chi connectivity index (χ2n) is 7.27. The van der Waals surface area contributed by atoms with Crippen LogP contribution in [0.3, 0.4) is 0 Å². The average molecular weight is 461 g/mol. The lowest BCUT2D eigenvalue weighted by Crippen LogP contribution is -2.34. The number of thiazole rings is 2. The Morgan fingerprint density at radius 1 is 1.29 bits per heavy atom. The maximum absolute atomic E-state index is 12.5. The zero-order chi connectivity index (χ0) is 22.5. The van der Waals surface area contributed by atoms with Gasteiger partial charge in [-0.3, -0.25) is 19.3 Å². The average Bonchev–Trinajstić information content (AvgIpc) is 3.39. The summed E-state index contributed by atoms with van der Waals surface area (Å²) in [6.45, 7) is 6.76. The fourth-order valence-electron chi connectivity index (χ4n) is 3.29. The quantitative estimate of drug-likeness (QED) is 0.566. The molecule has 164 valence electrons. The molecule has 3 heterocycles. The van der Waals surface area contributed by atoms with Crippen LogP contribution in [-0.4, -0.2) is 46.5 Å². The third kappa shape index (κ3) is 5.45. The van der Waals surface area contributed by atoms with Gasteiger partial charge in [0.1, 0.15) is 0 Å². The van der Waals surface area contributed by atoms with Crippen LogP contribution < -0.4 is 10.2 Å². The van der Waals surface area contributed by atoms with Crippen LogP contribution in [0.2, 0.25) is 0 Å². The van der Waals surface area contributed by atoms with E-state index in [1.807, 2.05) is 26.0 Å². The van der Waals surface area contributed by atoms with Crippen molar-refractivity contribution in [2.24, 2.45) is 5.92 Å². The Kier molecular flexibility index (Phi) is 7.34. The summed E-state index contributed by atoms with van der Waals surface area (Å²) in [5.74, 6) is -0.444. The van der Waals surface area contributed by atoms with Crippen molar-refractivity contribution in [3.05, 3.63) is 39.3 Å². The van der Waals surface area contributed by atoms with Crippen LogP contribution in [0.5, 0.6) is 0 Å². The number of aromatic nitrogens is 2. The molecule has 1 fully saturated rings. The van der Waals surface area contributed by atoms with Gasteiger partial charge in [-0.15, -0.1) is 11.3 Å². The Balaban J connectivity index is 0.000000858. The molecule has 4 rings (SSSR count). The third-order valence-corrected chi connectivity index (χ3v) is 7.14. The van der Waals surface area contributed by atoms with Crippen LogP contribution in [0.15, 0.2) is 18.2 Å². The smallest absolute Gasteiger partial charge is 0.290 e. The van der Waals surface area contributed by atoms with E-state index in [4.69, 9.17) is 9.90 Å². The Labute approximate surface area is 187 Å². The molecule has 1 aliphatic rings. The van der Waals surface area contributed by atoms with Gasteiger partial charge in [0, 0.05) is 30.8 Å². The second kappa shape index (κ2) is 9.97. The van der Waals surface area contributed by atoms with Gasteiger partial charge in [-0.25, -0.2) is 9.97 Å². The summed E-state index contributed by atoms with van der Waals surface area (Å²) >= 11 is 3.17. The largest absolute Gasteiger partial charge is 0.483 e. The van der Waals surface area contributed by atoms with Crippen LogP contribution >= 0.6 is 22.7 Å². The number of carboxylic acid groups (broad SMARTS) is 1. The summed E-state index contributed by atoms with van der Waals surface area (Å²) in [7, 11) is 0. The molecule has 2 amide bonds. The van der Waals surface area contributed by atoms with E-state index in [2.05, 4.69) is 28.3 Å². The van der Waals surface area contributed by atoms with Gasteiger partial charge in [0.05, 0.1) is 26.8 Å². The van der Waals surface area contributed by atoms with Gasteiger partial charge in [0.15, 0.2) is 5.13 Å². The highest BCUT2D eigenvalue weighted by Crippen LogP contribution is 2.33. The first kappa shape index (κ1) is 22.8. The SMILES string of the molecule is Cc1ccc2nc(N3CC(C(=O)NCCc4nc(C)c(C)s4)CC3=O)sc2c1.O=CO. The summed E-state index contributed by atoms with van der Waals surface area (Å²) in [6, 6.07) is 6.06. The molecule has 0 saturated carbocycles. The summed E-state index contributed by atoms with van der Waals surface area (Å²) in [5.41, 5.74) is 3.10.